The summed E-state index contributed by atoms with van der Waals surface area (Å²) in [6, 6.07) is 23.0. The molecule has 0 saturated carbocycles. The van der Waals surface area contributed by atoms with Crippen molar-refractivity contribution in [3.8, 4) is 28.4 Å². The van der Waals surface area contributed by atoms with E-state index in [2.05, 4.69) is 5.32 Å². The lowest BCUT2D eigenvalue weighted by Gasteiger charge is -2.07. The zero-order chi connectivity index (χ0) is 20.5. The number of aromatic nitrogens is 2. The first kappa shape index (κ1) is 18.0. The molecule has 0 unspecified atom stereocenters. The van der Waals surface area contributed by atoms with Crippen LogP contribution in [0.3, 0.4) is 0 Å². The van der Waals surface area contributed by atoms with E-state index in [4.69, 9.17) is 14.6 Å². The Balaban J connectivity index is 1.54. The van der Waals surface area contributed by atoms with Crippen LogP contribution in [0.1, 0.15) is 15.9 Å². The highest BCUT2D eigenvalue weighted by atomic mass is 16.7. The Hall–Kier alpha value is -4.06. The van der Waals surface area contributed by atoms with Crippen molar-refractivity contribution in [1.29, 1.82) is 0 Å². The van der Waals surface area contributed by atoms with Crippen LogP contribution in [0.2, 0.25) is 0 Å². The van der Waals surface area contributed by atoms with Crippen molar-refractivity contribution >= 4 is 11.6 Å². The average molecular weight is 397 g/mol. The number of para-hydroxylation sites is 1. The minimum absolute atomic E-state index is 0.189. The molecule has 0 atom stereocenters. The van der Waals surface area contributed by atoms with Crippen LogP contribution in [0.5, 0.6) is 11.5 Å². The molecule has 1 N–H and O–H groups in total. The first-order chi connectivity index (χ1) is 14.7. The Bertz CT molecular complexity index is 1230. The second-order valence-electron chi connectivity index (χ2n) is 7.06. The predicted octanol–water partition coefficient (Wildman–Crippen LogP) is 4.83. The van der Waals surface area contributed by atoms with E-state index in [9.17, 15) is 4.79 Å². The number of aryl methyl sites for hydroxylation is 1. The van der Waals surface area contributed by atoms with Gasteiger partial charge in [-0.05, 0) is 37.3 Å². The molecule has 3 aromatic carbocycles. The molecule has 0 bridgehead atoms. The first-order valence-corrected chi connectivity index (χ1v) is 9.60. The third kappa shape index (κ3) is 3.39. The number of anilines is 1. The van der Waals surface area contributed by atoms with Gasteiger partial charge in [-0.3, -0.25) is 4.79 Å². The minimum atomic E-state index is -0.243. The Morgan fingerprint density at radius 3 is 2.63 bits per heavy atom. The SMILES string of the molecule is Cc1cccc(-c2nn(-c3ccccc3)cc2C(=O)Nc2ccc3c(c2)OCO3)c1. The third-order valence-electron chi connectivity index (χ3n) is 4.90. The standard InChI is InChI=1S/C24H19N3O3/c1-16-6-5-7-17(12-16)23-20(14-27(26-23)19-8-3-2-4-9-19)24(28)25-18-10-11-21-22(13-18)30-15-29-21/h2-14H,15H2,1H3,(H,25,28). The maximum absolute atomic E-state index is 13.2. The molecular weight excluding hydrogens is 378 g/mol. The van der Waals surface area contributed by atoms with Gasteiger partial charge in [-0.15, -0.1) is 0 Å². The molecule has 1 aliphatic rings. The maximum Gasteiger partial charge on any atom is 0.259 e. The van der Waals surface area contributed by atoms with Gasteiger partial charge in [-0.2, -0.15) is 5.10 Å². The molecule has 4 aromatic rings. The van der Waals surface area contributed by atoms with Gasteiger partial charge in [-0.25, -0.2) is 4.68 Å². The fraction of sp³-hybridized carbons (Fsp3) is 0.0833. The highest BCUT2D eigenvalue weighted by Crippen LogP contribution is 2.34. The summed E-state index contributed by atoms with van der Waals surface area (Å²) in [5.41, 5.74) is 4.62. The number of ether oxygens (including phenoxy) is 2. The van der Waals surface area contributed by atoms with Crippen molar-refractivity contribution in [2.45, 2.75) is 6.92 Å². The maximum atomic E-state index is 13.2. The second kappa shape index (κ2) is 7.40. The fourth-order valence-electron chi connectivity index (χ4n) is 3.43. The van der Waals surface area contributed by atoms with E-state index in [0.29, 0.717) is 28.4 Å². The van der Waals surface area contributed by atoms with Crippen molar-refractivity contribution in [2.24, 2.45) is 0 Å². The molecule has 0 radical (unpaired) electrons. The molecule has 0 spiro atoms. The van der Waals surface area contributed by atoms with Crippen LogP contribution in [0.15, 0.2) is 79.0 Å². The van der Waals surface area contributed by atoms with E-state index < -0.39 is 0 Å². The number of hydrogen-bond donors (Lipinski definition) is 1. The quantitative estimate of drug-likeness (QED) is 0.536. The topological polar surface area (TPSA) is 65.4 Å². The number of carbonyl (C=O) groups is 1. The number of nitrogens with one attached hydrogen (secondary N) is 1. The Kier molecular flexibility index (Phi) is 4.44. The normalized spacial score (nSPS) is 12.0. The van der Waals surface area contributed by atoms with Crippen LogP contribution in [-0.4, -0.2) is 22.5 Å². The van der Waals surface area contributed by atoms with Crippen molar-refractivity contribution in [1.82, 2.24) is 9.78 Å². The van der Waals surface area contributed by atoms with Gasteiger partial charge in [0.1, 0.15) is 5.69 Å². The van der Waals surface area contributed by atoms with Crippen molar-refractivity contribution < 1.29 is 14.3 Å². The number of rotatable bonds is 4. The van der Waals surface area contributed by atoms with Crippen LogP contribution in [0.4, 0.5) is 5.69 Å². The lowest BCUT2D eigenvalue weighted by Crippen LogP contribution is -2.12. The minimum Gasteiger partial charge on any atom is -0.454 e. The zero-order valence-corrected chi connectivity index (χ0v) is 16.3. The van der Waals surface area contributed by atoms with Gasteiger partial charge < -0.3 is 14.8 Å². The van der Waals surface area contributed by atoms with E-state index >= 15 is 0 Å². The van der Waals surface area contributed by atoms with E-state index in [-0.39, 0.29) is 12.7 Å². The summed E-state index contributed by atoms with van der Waals surface area (Å²) in [6.07, 6.45) is 1.76. The van der Waals surface area contributed by atoms with Crippen LogP contribution in [0.25, 0.3) is 16.9 Å². The van der Waals surface area contributed by atoms with E-state index in [1.165, 1.54) is 0 Å². The summed E-state index contributed by atoms with van der Waals surface area (Å²) in [6.45, 7) is 2.21. The summed E-state index contributed by atoms with van der Waals surface area (Å²) in [5, 5.41) is 7.67. The van der Waals surface area contributed by atoms with Gasteiger partial charge in [0.15, 0.2) is 11.5 Å². The van der Waals surface area contributed by atoms with Crippen LogP contribution < -0.4 is 14.8 Å². The van der Waals surface area contributed by atoms with Crippen LogP contribution in [-0.2, 0) is 0 Å². The summed E-state index contributed by atoms with van der Waals surface area (Å²) < 4.78 is 12.5. The molecule has 1 amide bonds. The fourth-order valence-corrected chi connectivity index (χ4v) is 3.43. The summed E-state index contributed by atoms with van der Waals surface area (Å²) in [7, 11) is 0. The van der Waals surface area contributed by atoms with E-state index in [1.807, 2.05) is 61.5 Å². The lowest BCUT2D eigenvalue weighted by atomic mass is 10.1. The summed E-state index contributed by atoms with van der Waals surface area (Å²) in [5.74, 6) is 1.05. The molecule has 1 aromatic heterocycles. The van der Waals surface area contributed by atoms with Gasteiger partial charge in [0.05, 0.1) is 11.3 Å². The number of hydrogen-bond acceptors (Lipinski definition) is 4. The molecule has 1 aliphatic heterocycles. The Labute approximate surface area is 173 Å². The smallest absolute Gasteiger partial charge is 0.259 e. The Morgan fingerprint density at radius 2 is 1.80 bits per heavy atom. The van der Waals surface area contributed by atoms with E-state index in [0.717, 1.165) is 16.8 Å². The molecule has 148 valence electrons. The molecule has 2 heterocycles. The monoisotopic (exact) mass is 397 g/mol. The highest BCUT2D eigenvalue weighted by Gasteiger charge is 2.20. The van der Waals surface area contributed by atoms with Gasteiger partial charge in [0.25, 0.3) is 5.91 Å². The van der Waals surface area contributed by atoms with Crippen molar-refractivity contribution in [3.63, 3.8) is 0 Å². The number of carbonyl (C=O) groups excluding carboxylic acids is 1. The highest BCUT2D eigenvalue weighted by molar-refractivity contribution is 6.08. The van der Waals surface area contributed by atoms with Crippen LogP contribution >= 0.6 is 0 Å². The molecule has 0 aliphatic carbocycles. The van der Waals surface area contributed by atoms with Crippen molar-refractivity contribution in [3.05, 3.63) is 90.1 Å². The number of amides is 1. The Morgan fingerprint density at radius 1 is 0.967 bits per heavy atom. The van der Waals surface area contributed by atoms with Gasteiger partial charge in [-0.1, -0.05) is 42.0 Å². The first-order valence-electron chi connectivity index (χ1n) is 9.60. The zero-order valence-electron chi connectivity index (χ0n) is 16.3. The lowest BCUT2D eigenvalue weighted by molar-refractivity contribution is 0.102. The number of benzene rings is 3. The molecule has 6 heteroatoms. The van der Waals surface area contributed by atoms with Gasteiger partial charge >= 0.3 is 0 Å². The molecule has 5 rings (SSSR count). The number of nitrogens with zero attached hydrogens (tertiary/aromatic N) is 2. The molecule has 0 saturated heterocycles. The third-order valence-corrected chi connectivity index (χ3v) is 4.90. The molecule has 30 heavy (non-hydrogen) atoms. The van der Waals surface area contributed by atoms with E-state index in [1.54, 1.807) is 29.1 Å². The molecule has 0 fully saturated rings. The van der Waals surface area contributed by atoms with Crippen LogP contribution in [0, 0.1) is 6.92 Å². The number of fused-ring (bicyclic) bond motifs is 1. The summed E-state index contributed by atoms with van der Waals surface area (Å²) in [4.78, 5) is 13.2. The predicted molar refractivity (Wildman–Crippen MR) is 114 cm³/mol. The van der Waals surface area contributed by atoms with Gasteiger partial charge in [0, 0.05) is 23.5 Å². The largest absolute Gasteiger partial charge is 0.454 e. The summed E-state index contributed by atoms with van der Waals surface area (Å²) >= 11 is 0. The second-order valence-corrected chi connectivity index (χ2v) is 7.06. The van der Waals surface area contributed by atoms with Gasteiger partial charge in [0.2, 0.25) is 6.79 Å². The van der Waals surface area contributed by atoms with Crippen molar-refractivity contribution in [2.75, 3.05) is 12.1 Å². The average Bonchev–Trinajstić information content (AvgIpc) is 3.41. The molecular formula is C24H19N3O3. The molecule has 6 nitrogen and oxygen atoms in total.